The molecule has 3 aromatic carbocycles. The van der Waals surface area contributed by atoms with Crippen molar-refractivity contribution in [2.45, 2.75) is 17.9 Å². The summed E-state index contributed by atoms with van der Waals surface area (Å²) in [5.74, 6) is 0.489. The van der Waals surface area contributed by atoms with Gasteiger partial charge in [-0.1, -0.05) is 58.7 Å². The average Bonchev–Trinajstić information content (AvgIpc) is 3.23. The Morgan fingerprint density at radius 1 is 0.939 bits per heavy atom. The fraction of sp³-hybridized carbons (Fsp3) is 0.125. The van der Waals surface area contributed by atoms with Crippen molar-refractivity contribution < 1.29 is 8.42 Å². The third-order valence-corrected chi connectivity index (χ3v) is 6.98. The molecule has 4 aromatic rings. The van der Waals surface area contributed by atoms with Gasteiger partial charge < -0.3 is 0 Å². The van der Waals surface area contributed by atoms with Crippen LogP contribution in [0.3, 0.4) is 0 Å². The summed E-state index contributed by atoms with van der Waals surface area (Å²) in [4.78, 5) is 16.0. The number of benzene rings is 3. The molecule has 0 saturated heterocycles. The van der Waals surface area contributed by atoms with Crippen molar-refractivity contribution in [1.82, 2.24) is 9.55 Å². The second-order valence-electron chi connectivity index (χ2n) is 7.58. The maximum absolute atomic E-state index is 11.9. The van der Waals surface area contributed by atoms with E-state index in [1.807, 2.05) is 30.3 Å². The molecule has 1 unspecified atom stereocenters. The SMILES string of the molecule is CC(N=O)c1cn(-c2ccc(-c3cccc(S(C)(=O)=O)c3)cc2)c(-c2c(Cl)cccc2Cl)n1. The number of imidazole rings is 1. The van der Waals surface area contributed by atoms with E-state index < -0.39 is 15.9 Å². The Morgan fingerprint density at radius 2 is 1.58 bits per heavy atom. The van der Waals surface area contributed by atoms with E-state index >= 15 is 0 Å². The maximum Gasteiger partial charge on any atom is 0.175 e. The van der Waals surface area contributed by atoms with E-state index in [1.165, 1.54) is 6.26 Å². The van der Waals surface area contributed by atoms with Crippen LogP contribution in [0.25, 0.3) is 28.2 Å². The number of hydrogen-bond acceptors (Lipinski definition) is 5. The monoisotopic (exact) mass is 499 g/mol. The Labute approximate surface area is 201 Å². The molecule has 0 radical (unpaired) electrons. The summed E-state index contributed by atoms with van der Waals surface area (Å²) in [5, 5.41) is 3.95. The topological polar surface area (TPSA) is 81.4 Å². The van der Waals surface area contributed by atoms with Gasteiger partial charge in [0.15, 0.2) is 9.84 Å². The summed E-state index contributed by atoms with van der Waals surface area (Å²) in [6.07, 6.45) is 2.92. The van der Waals surface area contributed by atoms with Crippen LogP contribution >= 0.6 is 23.2 Å². The normalized spacial score (nSPS) is 12.5. The van der Waals surface area contributed by atoms with Gasteiger partial charge in [-0.25, -0.2) is 13.4 Å². The summed E-state index contributed by atoms with van der Waals surface area (Å²) >= 11 is 12.9. The van der Waals surface area contributed by atoms with Crippen molar-refractivity contribution in [3.05, 3.63) is 93.6 Å². The molecular formula is C24H19Cl2N3O3S. The zero-order valence-corrected chi connectivity index (χ0v) is 20.1. The van der Waals surface area contributed by atoms with Crippen molar-refractivity contribution in [2.24, 2.45) is 5.18 Å². The van der Waals surface area contributed by atoms with Gasteiger partial charge in [-0.3, -0.25) is 4.57 Å². The van der Waals surface area contributed by atoms with Gasteiger partial charge in [-0.15, -0.1) is 0 Å². The van der Waals surface area contributed by atoms with Gasteiger partial charge in [0.1, 0.15) is 11.9 Å². The lowest BCUT2D eigenvalue weighted by atomic mass is 10.1. The van der Waals surface area contributed by atoms with E-state index in [1.54, 1.807) is 54.1 Å². The largest absolute Gasteiger partial charge is 0.299 e. The molecule has 1 atom stereocenters. The number of halogens is 2. The van der Waals surface area contributed by atoms with Crippen LogP contribution < -0.4 is 0 Å². The number of sulfone groups is 1. The van der Waals surface area contributed by atoms with Crippen LogP contribution in [0.4, 0.5) is 0 Å². The highest BCUT2D eigenvalue weighted by Crippen LogP contribution is 2.36. The fourth-order valence-electron chi connectivity index (χ4n) is 3.46. The molecule has 0 amide bonds. The second kappa shape index (κ2) is 9.09. The van der Waals surface area contributed by atoms with E-state index in [0.29, 0.717) is 27.1 Å². The van der Waals surface area contributed by atoms with Crippen LogP contribution in [0.2, 0.25) is 10.0 Å². The molecule has 9 heteroatoms. The molecule has 0 aliphatic rings. The van der Waals surface area contributed by atoms with E-state index in [0.717, 1.165) is 16.8 Å². The van der Waals surface area contributed by atoms with Crippen LogP contribution in [0, 0.1) is 4.91 Å². The first-order chi connectivity index (χ1) is 15.7. The van der Waals surface area contributed by atoms with Gasteiger partial charge in [-0.2, -0.15) is 4.91 Å². The van der Waals surface area contributed by atoms with E-state index in [9.17, 15) is 13.3 Å². The molecule has 0 bridgehead atoms. The predicted octanol–water partition coefficient (Wildman–Crippen LogP) is 6.74. The minimum absolute atomic E-state index is 0.259. The number of hydrogen-bond donors (Lipinski definition) is 0. The standard InChI is InChI=1S/C24H19Cl2N3O3S/c1-15(28-30)22-14-29(24(27-22)23-20(25)7-4-8-21(23)26)18-11-9-16(10-12-18)17-5-3-6-19(13-17)33(2,31)32/h3-15H,1-2H3. The van der Waals surface area contributed by atoms with Crippen LogP contribution in [0.1, 0.15) is 18.7 Å². The van der Waals surface area contributed by atoms with Crippen LogP contribution in [-0.2, 0) is 9.84 Å². The number of aromatic nitrogens is 2. The quantitative estimate of drug-likeness (QED) is 0.275. The minimum atomic E-state index is -3.31. The molecule has 6 nitrogen and oxygen atoms in total. The summed E-state index contributed by atoms with van der Waals surface area (Å²) in [6.45, 7) is 1.66. The Morgan fingerprint density at radius 3 is 2.18 bits per heavy atom. The fourth-order valence-corrected chi connectivity index (χ4v) is 4.69. The lowest BCUT2D eigenvalue weighted by Crippen LogP contribution is -1.98. The first kappa shape index (κ1) is 23.2. The Bertz CT molecular complexity index is 1430. The third kappa shape index (κ3) is 4.71. The van der Waals surface area contributed by atoms with Gasteiger partial charge in [-0.05, 0) is 54.4 Å². The van der Waals surface area contributed by atoms with Gasteiger partial charge in [0.2, 0.25) is 0 Å². The number of nitroso groups, excluding NO2 is 1. The third-order valence-electron chi connectivity index (χ3n) is 5.24. The predicted molar refractivity (Wildman–Crippen MR) is 132 cm³/mol. The van der Waals surface area contributed by atoms with Crippen LogP contribution in [0.15, 0.2) is 83.0 Å². The first-order valence-corrected chi connectivity index (χ1v) is 12.6. The zero-order valence-electron chi connectivity index (χ0n) is 17.7. The zero-order chi connectivity index (χ0) is 23.8. The number of nitrogens with zero attached hydrogens (tertiary/aromatic N) is 3. The second-order valence-corrected chi connectivity index (χ2v) is 10.4. The number of rotatable bonds is 6. The minimum Gasteiger partial charge on any atom is -0.299 e. The molecule has 0 fully saturated rings. The van der Waals surface area contributed by atoms with Gasteiger partial charge in [0.05, 0.1) is 26.2 Å². The van der Waals surface area contributed by atoms with Gasteiger partial charge in [0, 0.05) is 18.1 Å². The molecule has 1 heterocycles. The maximum atomic E-state index is 11.9. The molecule has 0 aliphatic carbocycles. The van der Waals surface area contributed by atoms with E-state index in [4.69, 9.17) is 23.2 Å². The van der Waals surface area contributed by atoms with E-state index in [2.05, 4.69) is 10.2 Å². The Balaban J connectivity index is 1.82. The van der Waals surface area contributed by atoms with Crippen LogP contribution in [-0.4, -0.2) is 24.2 Å². The molecular weight excluding hydrogens is 481 g/mol. The Kier molecular flexibility index (Phi) is 6.38. The van der Waals surface area contributed by atoms with Crippen molar-refractivity contribution in [1.29, 1.82) is 0 Å². The molecule has 0 aliphatic heterocycles. The van der Waals surface area contributed by atoms with Crippen molar-refractivity contribution >= 4 is 33.0 Å². The molecule has 0 N–H and O–H groups in total. The lowest BCUT2D eigenvalue weighted by Gasteiger charge is -2.12. The summed E-state index contributed by atoms with van der Waals surface area (Å²) in [7, 11) is -3.31. The van der Waals surface area contributed by atoms with Crippen molar-refractivity contribution in [3.63, 3.8) is 0 Å². The van der Waals surface area contributed by atoms with Crippen LogP contribution in [0.5, 0.6) is 0 Å². The lowest BCUT2D eigenvalue weighted by molar-refractivity contribution is 0.602. The van der Waals surface area contributed by atoms with Gasteiger partial charge in [0.25, 0.3) is 0 Å². The smallest absolute Gasteiger partial charge is 0.175 e. The first-order valence-electron chi connectivity index (χ1n) is 9.96. The molecule has 0 saturated carbocycles. The molecule has 1 aromatic heterocycles. The average molecular weight is 500 g/mol. The molecule has 0 spiro atoms. The van der Waals surface area contributed by atoms with Gasteiger partial charge >= 0.3 is 0 Å². The van der Waals surface area contributed by atoms with Crippen molar-refractivity contribution in [2.75, 3.05) is 6.26 Å². The summed E-state index contributed by atoms with van der Waals surface area (Å²) in [5.41, 5.74) is 3.44. The van der Waals surface area contributed by atoms with Crippen molar-refractivity contribution in [3.8, 4) is 28.2 Å². The Hall–Kier alpha value is -3.00. The highest BCUT2D eigenvalue weighted by molar-refractivity contribution is 7.90. The molecule has 4 rings (SSSR count). The molecule has 168 valence electrons. The summed E-state index contributed by atoms with van der Waals surface area (Å²) in [6, 6.07) is 18.9. The highest BCUT2D eigenvalue weighted by atomic mass is 35.5. The summed E-state index contributed by atoms with van der Waals surface area (Å²) < 4.78 is 25.6. The molecule has 33 heavy (non-hydrogen) atoms. The van der Waals surface area contributed by atoms with E-state index in [-0.39, 0.29) is 4.90 Å². The highest BCUT2D eigenvalue weighted by Gasteiger charge is 2.20.